The number of alkyl halides is 6. The lowest BCUT2D eigenvalue weighted by molar-refractivity contribution is -0.139. The number of allylic oxidation sites excluding steroid dienone is 1. The lowest BCUT2D eigenvalue weighted by Crippen LogP contribution is -2.54. The van der Waals surface area contributed by atoms with Gasteiger partial charge in [0.05, 0.1) is 31.5 Å². The van der Waals surface area contributed by atoms with Gasteiger partial charge in [0, 0.05) is 5.56 Å². The van der Waals surface area contributed by atoms with Crippen molar-refractivity contribution in [3.8, 4) is 0 Å². The van der Waals surface area contributed by atoms with Gasteiger partial charge in [0.1, 0.15) is 16.5 Å². The van der Waals surface area contributed by atoms with Crippen molar-refractivity contribution in [3.05, 3.63) is 73.2 Å². The fourth-order valence-electron chi connectivity index (χ4n) is 3.00. The van der Waals surface area contributed by atoms with E-state index in [4.69, 9.17) is 70.8 Å². The van der Waals surface area contributed by atoms with Crippen LogP contribution in [0.4, 0.5) is 26.3 Å². The summed E-state index contributed by atoms with van der Waals surface area (Å²) >= 11 is 34.3. The topological polar surface area (TPSA) is 24.1 Å². The summed E-state index contributed by atoms with van der Waals surface area (Å²) in [4.78, 5) is -0.0382. The number of benzene rings is 2. The van der Waals surface area contributed by atoms with E-state index in [1.54, 1.807) is 0 Å². The highest BCUT2D eigenvalue weighted by atomic mass is 35.5. The summed E-state index contributed by atoms with van der Waals surface area (Å²) in [7, 11) is 0. The first-order valence-corrected chi connectivity index (χ1v) is 12.5. The molecule has 0 bridgehead atoms. The van der Waals surface area contributed by atoms with Crippen molar-refractivity contribution in [3.63, 3.8) is 0 Å². The highest BCUT2D eigenvalue weighted by molar-refractivity contribution is 7.81. The lowest BCUT2D eigenvalue weighted by atomic mass is 9.97. The predicted molar refractivity (Wildman–Crippen MR) is 146 cm³/mol. The van der Waals surface area contributed by atoms with Crippen LogP contribution in [-0.4, -0.2) is 34.4 Å². The van der Waals surface area contributed by atoms with Crippen LogP contribution in [0, 0.1) is 0 Å². The number of hydrogen-bond acceptors (Lipinski definition) is 2. The zero-order valence-corrected chi connectivity index (χ0v) is 23.6. The molecule has 14 heteroatoms. The molecule has 37 heavy (non-hydrogen) atoms. The SMILES string of the molecule is CC(C)(NC(=S)c1ccc(/C=C/C(c2cc(Cl)c(Cl)c(Cl)c2)C(F)(F)F)cc1Cl)C(=S)NCC(F)(F)F. The first-order valence-electron chi connectivity index (χ1n) is 10.2. The Morgan fingerprint density at radius 3 is 1.97 bits per heavy atom. The minimum atomic E-state index is -4.66. The molecular weight excluding hydrogens is 624 g/mol. The summed E-state index contributed by atoms with van der Waals surface area (Å²) < 4.78 is 78.7. The van der Waals surface area contributed by atoms with Gasteiger partial charge in [-0.25, -0.2) is 0 Å². The van der Waals surface area contributed by atoms with Crippen LogP contribution in [-0.2, 0) is 0 Å². The molecule has 0 spiro atoms. The van der Waals surface area contributed by atoms with Gasteiger partial charge in [-0.3, -0.25) is 0 Å². The second-order valence-electron chi connectivity index (χ2n) is 8.29. The Morgan fingerprint density at radius 1 is 0.919 bits per heavy atom. The molecule has 2 rings (SSSR count). The number of thiocarbonyl (C=S) groups is 2. The maximum absolute atomic E-state index is 13.8. The Balaban J connectivity index is 2.24. The van der Waals surface area contributed by atoms with Gasteiger partial charge in [-0.2, -0.15) is 26.3 Å². The Hall–Kier alpha value is -1.30. The lowest BCUT2D eigenvalue weighted by Gasteiger charge is -2.29. The molecule has 0 saturated heterocycles. The number of halogens is 10. The first kappa shape index (κ1) is 31.9. The maximum Gasteiger partial charge on any atom is 0.405 e. The summed E-state index contributed by atoms with van der Waals surface area (Å²) in [5.41, 5.74) is -0.711. The van der Waals surface area contributed by atoms with E-state index in [2.05, 4.69) is 10.6 Å². The predicted octanol–water partition coefficient (Wildman–Crippen LogP) is 9.18. The summed E-state index contributed by atoms with van der Waals surface area (Å²) in [5.74, 6) is -2.04. The zero-order chi connectivity index (χ0) is 28.3. The minimum Gasteiger partial charge on any atom is -0.369 e. The van der Waals surface area contributed by atoms with Crippen molar-refractivity contribution in [2.45, 2.75) is 37.7 Å². The van der Waals surface area contributed by atoms with Gasteiger partial charge in [-0.15, -0.1) is 0 Å². The van der Waals surface area contributed by atoms with Crippen LogP contribution in [0.3, 0.4) is 0 Å². The second-order valence-corrected chi connectivity index (χ2v) is 10.7. The molecule has 2 N–H and O–H groups in total. The molecule has 0 saturated carbocycles. The minimum absolute atomic E-state index is 0.0518. The van der Waals surface area contributed by atoms with E-state index in [1.807, 2.05) is 0 Å². The molecule has 1 unspecified atom stereocenters. The van der Waals surface area contributed by atoms with Gasteiger partial charge in [0.15, 0.2) is 0 Å². The van der Waals surface area contributed by atoms with E-state index >= 15 is 0 Å². The number of nitrogens with one attached hydrogen (secondary N) is 2. The van der Waals surface area contributed by atoms with Crippen LogP contribution < -0.4 is 10.6 Å². The average Bonchev–Trinajstić information content (AvgIpc) is 2.74. The molecule has 1 atom stereocenters. The van der Waals surface area contributed by atoms with E-state index in [-0.39, 0.29) is 35.6 Å². The van der Waals surface area contributed by atoms with Crippen LogP contribution in [0.5, 0.6) is 0 Å². The molecule has 202 valence electrons. The van der Waals surface area contributed by atoms with Crippen molar-refractivity contribution >= 4 is 86.9 Å². The summed E-state index contributed by atoms with van der Waals surface area (Å²) in [6.45, 7) is 1.75. The summed E-state index contributed by atoms with van der Waals surface area (Å²) in [5, 5.41) is 4.80. The van der Waals surface area contributed by atoms with Crippen molar-refractivity contribution in [2.24, 2.45) is 0 Å². The van der Waals surface area contributed by atoms with Crippen LogP contribution in [0.2, 0.25) is 20.1 Å². The first-order chi connectivity index (χ1) is 16.8. The number of rotatable bonds is 7. The van der Waals surface area contributed by atoms with E-state index in [0.717, 1.165) is 18.2 Å². The van der Waals surface area contributed by atoms with Gasteiger partial charge in [0.25, 0.3) is 0 Å². The fraction of sp³-hybridized carbons (Fsp3) is 0.304. The molecule has 0 heterocycles. The molecule has 2 aromatic carbocycles. The zero-order valence-electron chi connectivity index (χ0n) is 18.9. The highest BCUT2D eigenvalue weighted by Crippen LogP contribution is 2.41. The van der Waals surface area contributed by atoms with Gasteiger partial charge in [-0.1, -0.05) is 89.1 Å². The molecule has 0 aliphatic carbocycles. The van der Waals surface area contributed by atoms with Gasteiger partial charge < -0.3 is 10.6 Å². The number of hydrogen-bond donors (Lipinski definition) is 2. The van der Waals surface area contributed by atoms with Gasteiger partial charge in [0.2, 0.25) is 0 Å². The maximum atomic E-state index is 13.8. The Bertz CT molecular complexity index is 1190. The molecule has 0 fully saturated rings. The van der Waals surface area contributed by atoms with Crippen LogP contribution >= 0.6 is 70.8 Å². The third kappa shape index (κ3) is 9.14. The smallest absolute Gasteiger partial charge is 0.369 e. The molecule has 0 aromatic heterocycles. The summed E-state index contributed by atoms with van der Waals surface area (Å²) in [6, 6.07) is 6.53. The van der Waals surface area contributed by atoms with Crippen molar-refractivity contribution in [2.75, 3.05) is 6.54 Å². The molecule has 0 radical (unpaired) electrons. The van der Waals surface area contributed by atoms with Crippen LogP contribution in [0.15, 0.2) is 36.4 Å². The Kier molecular flexibility index (Phi) is 10.6. The largest absolute Gasteiger partial charge is 0.405 e. The van der Waals surface area contributed by atoms with Gasteiger partial charge in [-0.05, 0) is 49.2 Å². The van der Waals surface area contributed by atoms with Crippen molar-refractivity contribution in [1.29, 1.82) is 0 Å². The third-order valence-corrected chi connectivity index (χ3v) is 7.37. The van der Waals surface area contributed by atoms with E-state index in [1.165, 1.54) is 38.1 Å². The molecule has 0 aliphatic heterocycles. The van der Waals surface area contributed by atoms with Crippen LogP contribution in [0.1, 0.15) is 36.5 Å². The highest BCUT2D eigenvalue weighted by Gasteiger charge is 2.39. The average molecular weight is 642 g/mol. The monoisotopic (exact) mass is 640 g/mol. The third-order valence-electron chi connectivity index (χ3n) is 4.88. The second kappa shape index (κ2) is 12.3. The molecular formula is C23H18Cl4F6N2S2. The van der Waals surface area contributed by atoms with Gasteiger partial charge >= 0.3 is 12.4 Å². The van der Waals surface area contributed by atoms with E-state index in [0.29, 0.717) is 11.1 Å². The fourth-order valence-corrected chi connectivity index (χ4v) is 4.51. The summed E-state index contributed by atoms with van der Waals surface area (Å²) in [6.07, 6.45) is -6.96. The quantitative estimate of drug-likeness (QED) is 0.179. The standard InChI is InChI=1S/C23H18Cl4F6N2S2/c1-21(2,20(37)34-10-22(28,29)30)35-19(36)13-5-3-11(7-15(13)24)4-6-14(23(31,32)33)12-8-16(25)18(27)17(26)9-12/h3-9,14H,10H2,1-2H3,(H,34,37)(H,35,36)/b6-4+. The molecule has 2 aromatic rings. The molecule has 2 nitrogen and oxygen atoms in total. The molecule has 0 aliphatic rings. The Labute approximate surface area is 240 Å². The van der Waals surface area contributed by atoms with E-state index < -0.39 is 30.4 Å². The van der Waals surface area contributed by atoms with E-state index in [9.17, 15) is 26.3 Å². The molecule has 0 amide bonds. The van der Waals surface area contributed by atoms with Crippen LogP contribution in [0.25, 0.3) is 6.08 Å². The van der Waals surface area contributed by atoms with Crippen molar-refractivity contribution in [1.82, 2.24) is 10.6 Å². The normalized spacial score (nSPS) is 13.5. The van der Waals surface area contributed by atoms with Crippen molar-refractivity contribution < 1.29 is 26.3 Å². The Morgan fingerprint density at radius 2 is 1.49 bits per heavy atom.